The fraction of sp³-hybridized carbons (Fsp3) is 0.154. The van der Waals surface area contributed by atoms with Crippen molar-refractivity contribution in [3.8, 4) is 0 Å². The van der Waals surface area contributed by atoms with Crippen molar-refractivity contribution in [2.45, 2.75) is 13.8 Å². The second-order valence-electron chi connectivity index (χ2n) is 4.42. The van der Waals surface area contributed by atoms with Gasteiger partial charge >= 0.3 is 5.69 Å². The average molecular weight is 304 g/mol. The van der Waals surface area contributed by atoms with Crippen LogP contribution in [0.1, 0.15) is 18.2 Å². The first-order valence-corrected chi connectivity index (χ1v) is 6.17. The van der Waals surface area contributed by atoms with Crippen LogP contribution in [0, 0.1) is 27.2 Å². The Morgan fingerprint density at radius 2 is 1.95 bits per heavy atom. The zero-order valence-electron chi connectivity index (χ0n) is 11.8. The van der Waals surface area contributed by atoms with Crippen molar-refractivity contribution < 1.29 is 14.3 Å². The fourth-order valence-corrected chi connectivity index (χ4v) is 1.84. The normalized spacial score (nSPS) is 11.3. The molecule has 0 amide bonds. The Morgan fingerprint density at radius 3 is 2.50 bits per heavy atom. The van der Waals surface area contributed by atoms with Gasteiger partial charge in [-0.1, -0.05) is 0 Å². The number of furan rings is 1. The third-order valence-corrected chi connectivity index (χ3v) is 2.98. The first-order chi connectivity index (χ1) is 10.4. The predicted molar refractivity (Wildman–Crippen MR) is 79.0 cm³/mol. The summed E-state index contributed by atoms with van der Waals surface area (Å²) in [5.74, 6) is 0.668. The first-order valence-electron chi connectivity index (χ1n) is 6.17. The van der Waals surface area contributed by atoms with Gasteiger partial charge in [0.1, 0.15) is 11.4 Å². The van der Waals surface area contributed by atoms with Gasteiger partial charge in [0.25, 0.3) is 5.69 Å². The Labute approximate surface area is 124 Å². The van der Waals surface area contributed by atoms with Gasteiger partial charge in [-0.2, -0.15) is 5.10 Å². The van der Waals surface area contributed by atoms with Gasteiger partial charge in [0.15, 0.2) is 0 Å². The van der Waals surface area contributed by atoms with Crippen molar-refractivity contribution in [2.24, 2.45) is 5.10 Å². The van der Waals surface area contributed by atoms with E-state index in [2.05, 4.69) is 10.5 Å². The molecule has 0 aliphatic rings. The maximum atomic E-state index is 11.0. The van der Waals surface area contributed by atoms with Gasteiger partial charge in [-0.25, -0.2) is 0 Å². The van der Waals surface area contributed by atoms with E-state index in [0.29, 0.717) is 11.5 Å². The van der Waals surface area contributed by atoms with Gasteiger partial charge in [-0.15, -0.1) is 0 Å². The summed E-state index contributed by atoms with van der Waals surface area (Å²) in [4.78, 5) is 20.3. The lowest BCUT2D eigenvalue weighted by molar-refractivity contribution is -0.393. The molecule has 0 spiro atoms. The largest absolute Gasteiger partial charge is 0.469 e. The third-order valence-electron chi connectivity index (χ3n) is 2.98. The van der Waals surface area contributed by atoms with E-state index in [4.69, 9.17) is 4.42 Å². The number of hydrogen-bond donors (Lipinski definition) is 1. The smallest absolute Gasteiger partial charge is 0.301 e. The van der Waals surface area contributed by atoms with Crippen LogP contribution >= 0.6 is 0 Å². The summed E-state index contributed by atoms with van der Waals surface area (Å²) in [5, 5.41) is 25.7. The molecule has 22 heavy (non-hydrogen) atoms. The standard InChI is InChI=1S/C13H12N4O5/c1-8(11-5-6-22-9(11)2)14-15-12-4-3-10(16(18)19)7-13(12)17(20)21/h3-7,15H,1-2H3/b14-8+. The van der Waals surface area contributed by atoms with E-state index < -0.39 is 15.5 Å². The van der Waals surface area contributed by atoms with Crippen molar-refractivity contribution in [1.29, 1.82) is 0 Å². The molecule has 9 heteroatoms. The summed E-state index contributed by atoms with van der Waals surface area (Å²) in [6.45, 7) is 3.48. The second-order valence-corrected chi connectivity index (χ2v) is 4.42. The van der Waals surface area contributed by atoms with E-state index in [-0.39, 0.29) is 11.4 Å². The molecular weight excluding hydrogens is 292 g/mol. The van der Waals surface area contributed by atoms with E-state index in [9.17, 15) is 20.2 Å². The zero-order valence-corrected chi connectivity index (χ0v) is 11.8. The number of nitrogens with zero attached hydrogens (tertiary/aromatic N) is 3. The van der Waals surface area contributed by atoms with Crippen LogP contribution in [0.25, 0.3) is 0 Å². The number of nitrogens with one attached hydrogen (secondary N) is 1. The first kappa shape index (κ1) is 15.2. The molecule has 2 aromatic rings. The molecular formula is C13H12N4O5. The lowest BCUT2D eigenvalue weighted by atomic mass is 10.2. The zero-order chi connectivity index (χ0) is 16.3. The van der Waals surface area contributed by atoms with Crippen LogP contribution in [0.2, 0.25) is 0 Å². The van der Waals surface area contributed by atoms with Crippen LogP contribution in [-0.4, -0.2) is 15.6 Å². The van der Waals surface area contributed by atoms with Crippen LogP contribution in [-0.2, 0) is 0 Å². The molecule has 0 radical (unpaired) electrons. The molecule has 1 aromatic carbocycles. The van der Waals surface area contributed by atoms with Crippen LogP contribution in [0.15, 0.2) is 40.0 Å². The lowest BCUT2D eigenvalue weighted by Crippen LogP contribution is -2.02. The number of non-ortho nitro benzene ring substituents is 1. The summed E-state index contributed by atoms with van der Waals surface area (Å²) in [6, 6.07) is 5.02. The van der Waals surface area contributed by atoms with Gasteiger partial charge in [0.05, 0.1) is 27.9 Å². The van der Waals surface area contributed by atoms with E-state index >= 15 is 0 Å². The van der Waals surface area contributed by atoms with Gasteiger partial charge in [-0.3, -0.25) is 25.7 Å². The topological polar surface area (TPSA) is 124 Å². The van der Waals surface area contributed by atoms with Crippen LogP contribution in [0.5, 0.6) is 0 Å². The highest BCUT2D eigenvalue weighted by Crippen LogP contribution is 2.29. The van der Waals surface area contributed by atoms with Crippen molar-refractivity contribution in [3.63, 3.8) is 0 Å². The quantitative estimate of drug-likeness (QED) is 0.513. The van der Waals surface area contributed by atoms with Gasteiger partial charge in [0, 0.05) is 11.6 Å². The van der Waals surface area contributed by atoms with Crippen LogP contribution in [0.3, 0.4) is 0 Å². The fourth-order valence-electron chi connectivity index (χ4n) is 1.84. The lowest BCUT2D eigenvalue weighted by Gasteiger charge is -2.04. The monoisotopic (exact) mass is 304 g/mol. The summed E-state index contributed by atoms with van der Waals surface area (Å²) in [6.07, 6.45) is 1.51. The molecule has 0 saturated heterocycles. The molecule has 0 fully saturated rings. The summed E-state index contributed by atoms with van der Waals surface area (Å²) in [5.41, 5.74) is 3.17. The Morgan fingerprint density at radius 1 is 1.23 bits per heavy atom. The number of benzene rings is 1. The van der Waals surface area contributed by atoms with Crippen molar-refractivity contribution in [2.75, 3.05) is 5.43 Å². The predicted octanol–water partition coefficient (Wildman–Crippen LogP) is 3.24. The highest BCUT2D eigenvalue weighted by molar-refractivity contribution is 5.99. The van der Waals surface area contributed by atoms with E-state index in [0.717, 1.165) is 11.6 Å². The highest BCUT2D eigenvalue weighted by Gasteiger charge is 2.19. The molecule has 2 rings (SSSR count). The van der Waals surface area contributed by atoms with Crippen molar-refractivity contribution >= 4 is 22.8 Å². The van der Waals surface area contributed by atoms with Gasteiger partial charge < -0.3 is 4.42 Å². The van der Waals surface area contributed by atoms with Crippen molar-refractivity contribution in [3.05, 3.63) is 62.1 Å². The highest BCUT2D eigenvalue weighted by atomic mass is 16.6. The maximum Gasteiger partial charge on any atom is 0.301 e. The summed E-state index contributed by atoms with van der Waals surface area (Å²) in [7, 11) is 0. The Balaban J connectivity index is 2.31. The minimum absolute atomic E-state index is 0.0658. The molecule has 0 atom stereocenters. The number of anilines is 1. The number of hydrogen-bond acceptors (Lipinski definition) is 7. The molecule has 0 bridgehead atoms. The summed E-state index contributed by atoms with van der Waals surface area (Å²) < 4.78 is 5.15. The molecule has 9 nitrogen and oxygen atoms in total. The minimum Gasteiger partial charge on any atom is -0.469 e. The molecule has 0 saturated carbocycles. The van der Waals surface area contributed by atoms with E-state index in [1.54, 1.807) is 19.9 Å². The molecule has 1 aromatic heterocycles. The minimum atomic E-state index is -0.705. The average Bonchev–Trinajstić information content (AvgIpc) is 2.90. The number of nitro groups is 2. The number of rotatable bonds is 5. The van der Waals surface area contributed by atoms with Crippen LogP contribution in [0.4, 0.5) is 17.1 Å². The van der Waals surface area contributed by atoms with Crippen molar-refractivity contribution in [1.82, 2.24) is 0 Å². The van der Waals surface area contributed by atoms with E-state index in [1.165, 1.54) is 18.4 Å². The Hall–Kier alpha value is -3.23. The molecule has 1 heterocycles. The Bertz CT molecular complexity index is 766. The second kappa shape index (κ2) is 6.04. The molecule has 114 valence electrons. The number of hydrazone groups is 1. The SMILES string of the molecule is C/C(=N\Nc1ccc([N+](=O)[O-])cc1[N+](=O)[O-])c1ccoc1C. The maximum absolute atomic E-state index is 11.0. The third kappa shape index (κ3) is 3.08. The molecule has 1 N–H and O–H groups in total. The van der Waals surface area contributed by atoms with Gasteiger partial charge in [0.2, 0.25) is 0 Å². The van der Waals surface area contributed by atoms with Gasteiger partial charge in [-0.05, 0) is 26.0 Å². The molecule has 0 aliphatic carbocycles. The molecule has 0 unspecified atom stereocenters. The number of nitro benzene ring substituents is 2. The Kier molecular flexibility index (Phi) is 4.16. The molecule has 0 aliphatic heterocycles. The number of aryl methyl sites for hydroxylation is 1. The van der Waals surface area contributed by atoms with E-state index in [1.807, 2.05) is 0 Å². The van der Waals surface area contributed by atoms with Crippen LogP contribution < -0.4 is 5.43 Å². The summed E-state index contributed by atoms with van der Waals surface area (Å²) >= 11 is 0.